The summed E-state index contributed by atoms with van der Waals surface area (Å²) in [5.74, 6) is 7.73. The molecule has 0 saturated heterocycles. The quantitative estimate of drug-likeness (QED) is 0.541. The number of hydrogen-bond donors (Lipinski definition) is 2. The fourth-order valence-electron chi connectivity index (χ4n) is 2.08. The molecular formula is C12H15N7. The van der Waals surface area contributed by atoms with Gasteiger partial charge in [-0.25, -0.2) is 20.8 Å². The summed E-state index contributed by atoms with van der Waals surface area (Å²) in [6.45, 7) is 2.12. The van der Waals surface area contributed by atoms with Crippen LogP contribution in [0.4, 0.5) is 5.82 Å². The molecular weight excluding hydrogens is 242 g/mol. The average molecular weight is 257 g/mol. The van der Waals surface area contributed by atoms with Gasteiger partial charge in [-0.3, -0.25) is 4.57 Å². The minimum Gasteiger partial charge on any atom is -0.307 e. The third-order valence-corrected chi connectivity index (χ3v) is 2.92. The molecule has 0 aliphatic carbocycles. The maximum absolute atomic E-state index is 5.46. The van der Waals surface area contributed by atoms with Crippen molar-refractivity contribution in [1.29, 1.82) is 0 Å². The zero-order valence-corrected chi connectivity index (χ0v) is 10.6. The molecule has 0 saturated carbocycles. The van der Waals surface area contributed by atoms with Gasteiger partial charge in [-0.2, -0.15) is 0 Å². The highest BCUT2D eigenvalue weighted by atomic mass is 15.3. The first kappa shape index (κ1) is 11.7. The van der Waals surface area contributed by atoms with Gasteiger partial charge in [0.2, 0.25) is 0 Å². The van der Waals surface area contributed by atoms with E-state index in [1.54, 1.807) is 18.6 Å². The molecule has 3 N–H and O–H groups in total. The fraction of sp³-hybridized carbons (Fsp3) is 0.250. The van der Waals surface area contributed by atoms with Gasteiger partial charge in [0.15, 0.2) is 17.3 Å². The molecule has 0 radical (unpaired) electrons. The third kappa shape index (κ3) is 1.93. The third-order valence-electron chi connectivity index (χ3n) is 2.92. The van der Waals surface area contributed by atoms with Gasteiger partial charge in [-0.1, -0.05) is 6.92 Å². The van der Waals surface area contributed by atoms with Gasteiger partial charge in [0.05, 0.1) is 6.20 Å². The Morgan fingerprint density at radius 3 is 2.89 bits per heavy atom. The predicted octanol–water partition coefficient (Wildman–Crippen LogP) is 1.15. The number of nitrogens with one attached hydrogen (secondary N) is 1. The Labute approximate surface area is 110 Å². The van der Waals surface area contributed by atoms with Gasteiger partial charge in [0.1, 0.15) is 5.82 Å². The summed E-state index contributed by atoms with van der Waals surface area (Å²) < 4.78 is 3.83. The van der Waals surface area contributed by atoms with Crippen LogP contribution in [-0.2, 0) is 6.42 Å². The van der Waals surface area contributed by atoms with Crippen molar-refractivity contribution < 1.29 is 0 Å². The lowest BCUT2D eigenvalue weighted by molar-refractivity contribution is 0.797. The monoisotopic (exact) mass is 257 g/mol. The van der Waals surface area contributed by atoms with Crippen LogP contribution < -0.4 is 11.3 Å². The highest BCUT2D eigenvalue weighted by Gasteiger charge is 2.12. The second-order valence-electron chi connectivity index (χ2n) is 4.22. The Hall–Kier alpha value is -2.41. The van der Waals surface area contributed by atoms with Crippen molar-refractivity contribution in [2.24, 2.45) is 5.84 Å². The molecule has 7 nitrogen and oxygen atoms in total. The number of hydrazine groups is 1. The number of nitrogens with two attached hydrogens (primary N) is 1. The SMILES string of the molecule is CCCc1nccn1-c1nc(NN)cn2ccnc12. The number of rotatable bonds is 4. The summed E-state index contributed by atoms with van der Waals surface area (Å²) in [4.78, 5) is 13.2. The largest absolute Gasteiger partial charge is 0.307 e. The van der Waals surface area contributed by atoms with E-state index in [1.165, 1.54) is 0 Å². The average Bonchev–Trinajstić information content (AvgIpc) is 3.06. The van der Waals surface area contributed by atoms with E-state index in [1.807, 2.05) is 21.4 Å². The minimum absolute atomic E-state index is 0.580. The molecule has 3 heterocycles. The topological polar surface area (TPSA) is 86.1 Å². The van der Waals surface area contributed by atoms with E-state index in [0.717, 1.165) is 30.1 Å². The Morgan fingerprint density at radius 2 is 2.11 bits per heavy atom. The van der Waals surface area contributed by atoms with E-state index in [0.29, 0.717) is 5.82 Å². The smallest absolute Gasteiger partial charge is 0.184 e. The van der Waals surface area contributed by atoms with E-state index in [-0.39, 0.29) is 0 Å². The summed E-state index contributed by atoms with van der Waals surface area (Å²) in [5, 5.41) is 0. The number of aromatic nitrogens is 5. The molecule has 19 heavy (non-hydrogen) atoms. The number of aryl methyl sites for hydroxylation is 1. The number of nitrogens with zero attached hydrogens (tertiary/aromatic N) is 5. The van der Waals surface area contributed by atoms with Crippen LogP contribution >= 0.6 is 0 Å². The first-order valence-corrected chi connectivity index (χ1v) is 6.16. The number of nitrogen functional groups attached to an aromatic ring is 1. The Morgan fingerprint density at radius 1 is 1.26 bits per heavy atom. The number of hydrogen-bond acceptors (Lipinski definition) is 5. The standard InChI is InChI=1S/C12H15N7/c1-2-3-10-14-5-7-19(10)12-11-15-4-6-18(11)8-9(16-12)17-13/h4-8,17H,2-3,13H2,1H3. The van der Waals surface area contributed by atoms with Gasteiger partial charge in [0.25, 0.3) is 0 Å². The van der Waals surface area contributed by atoms with E-state index in [2.05, 4.69) is 27.3 Å². The van der Waals surface area contributed by atoms with E-state index < -0.39 is 0 Å². The first-order chi connectivity index (χ1) is 9.33. The van der Waals surface area contributed by atoms with Gasteiger partial charge < -0.3 is 9.83 Å². The first-order valence-electron chi connectivity index (χ1n) is 6.16. The molecule has 0 atom stereocenters. The van der Waals surface area contributed by atoms with Crippen LogP contribution in [0.15, 0.2) is 31.0 Å². The highest BCUT2D eigenvalue weighted by molar-refractivity contribution is 5.58. The van der Waals surface area contributed by atoms with Gasteiger partial charge in [-0.05, 0) is 6.42 Å². The van der Waals surface area contributed by atoms with Crippen molar-refractivity contribution in [2.75, 3.05) is 5.43 Å². The lowest BCUT2D eigenvalue weighted by Crippen LogP contribution is -2.13. The minimum atomic E-state index is 0.580. The number of fused-ring (bicyclic) bond motifs is 1. The fourth-order valence-corrected chi connectivity index (χ4v) is 2.08. The van der Waals surface area contributed by atoms with Crippen LogP contribution in [0.5, 0.6) is 0 Å². The van der Waals surface area contributed by atoms with Crippen molar-refractivity contribution >= 4 is 11.5 Å². The second kappa shape index (κ2) is 4.69. The molecule has 3 aromatic rings. The lowest BCUT2D eigenvalue weighted by Gasteiger charge is -2.09. The molecule has 3 aromatic heterocycles. The summed E-state index contributed by atoms with van der Waals surface area (Å²) in [7, 11) is 0. The van der Waals surface area contributed by atoms with Gasteiger partial charge in [-0.15, -0.1) is 0 Å². The van der Waals surface area contributed by atoms with E-state index in [9.17, 15) is 0 Å². The molecule has 0 bridgehead atoms. The Bertz CT molecular complexity index is 697. The van der Waals surface area contributed by atoms with Crippen molar-refractivity contribution in [1.82, 2.24) is 23.9 Å². The van der Waals surface area contributed by atoms with Crippen LogP contribution in [-0.4, -0.2) is 23.9 Å². The molecule has 0 aromatic carbocycles. The van der Waals surface area contributed by atoms with E-state index in [4.69, 9.17) is 5.84 Å². The summed E-state index contributed by atoms with van der Waals surface area (Å²) in [6.07, 6.45) is 11.0. The molecule has 0 aliphatic rings. The van der Waals surface area contributed by atoms with Gasteiger partial charge >= 0.3 is 0 Å². The van der Waals surface area contributed by atoms with Gasteiger partial charge in [0, 0.05) is 31.2 Å². The number of imidazole rings is 2. The van der Waals surface area contributed by atoms with Crippen LogP contribution in [0.3, 0.4) is 0 Å². The van der Waals surface area contributed by atoms with E-state index >= 15 is 0 Å². The maximum atomic E-state index is 5.46. The summed E-state index contributed by atoms with van der Waals surface area (Å²) in [6, 6.07) is 0. The van der Waals surface area contributed by atoms with Crippen LogP contribution in [0.25, 0.3) is 11.5 Å². The van der Waals surface area contributed by atoms with Crippen molar-refractivity contribution in [3.05, 3.63) is 36.8 Å². The van der Waals surface area contributed by atoms with Crippen LogP contribution in [0.1, 0.15) is 19.2 Å². The molecule has 98 valence electrons. The molecule has 0 unspecified atom stereocenters. The second-order valence-corrected chi connectivity index (χ2v) is 4.22. The zero-order chi connectivity index (χ0) is 13.2. The molecule has 7 heteroatoms. The predicted molar refractivity (Wildman–Crippen MR) is 71.9 cm³/mol. The zero-order valence-electron chi connectivity index (χ0n) is 10.6. The van der Waals surface area contributed by atoms with Crippen molar-refractivity contribution in [2.45, 2.75) is 19.8 Å². The molecule has 0 amide bonds. The highest BCUT2D eigenvalue weighted by Crippen LogP contribution is 2.17. The van der Waals surface area contributed by atoms with Crippen molar-refractivity contribution in [3.8, 4) is 5.82 Å². The molecule has 0 aliphatic heterocycles. The van der Waals surface area contributed by atoms with Crippen molar-refractivity contribution in [3.63, 3.8) is 0 Å². The molecule has 0 spiro atoms. The lowest BCUT2D eigenvalue weighted by atomic mass is 10.3. The Kier molecular flexibility index (Phi) is 2.88. The van der Waals surface area contributed by atoms with Crippen LogP contribution in [0.2, 0.25) is 0 Å². The maximum Gasteiger partial charge on any atom is 0.184 e. The molecule has 3 rings (SSSR count). The van der Waals surface area contributed by atoms with Crippen LogP contribution in [0, 0.1) is 0 Å². The number of anilines is 1. The normalized spacial score (nSPS) is 11.1. The Balaban J connectivity index is 2.22. The summed E-state index contributed by atoms with van der Waals surface area (Å²) >= 11 is 0. The summed E-state index contributed by atoms with van der Waals surface area (Å²) in [5.41, 5.74) is 3.34. The molecule has 0 fully saturated rings.